The summed E-state index contributed by atoms with van der Waals surface area (Å²) in [5.74, 6) is 0.788. The van der Waals surface area contributed by atoms with Crippen molar-refractivity contribution in [1.82, 2.24) is 5.32 Å². The number of ether oxygens (including phenoxy) is 1. The monoisotopic (exact) mass is 231 g/mol. The van der Waals surface area contributed by atoms with Crippen molar-refractivity contribution in [3.8, 4) is 5.75 Å². The van der Waals surface area contributed by atoms with Gasteiger partial charge in [0.1, 0.15) is 11.9 Å². The molecule has 1 aliphatic heterocycles. The number of fused-ring (bicyclic) bond motifs is 1. The van der Waals surface area contributed by atoms with Crippen LogP contribution >= 0.6 is 23.2 Å². The number of benzene rings is 1. The molecule has 14 heavy (non-hydrogen) atoms. The first-order chi connectivity index (χ1) is 6.70. The van der Waals surface area contributed by atoms with E-state index in [0.29, 0.717) is 10.0 Å². The molecule has 2 rings (SSSR count). The lowest BCUT2D eigenvalue weighted by Crippen LogP contribution is -2.27. The van der Waals surface area contributed by atoms with Crippen molar-refractivity contribution < 1.29 is 4.74 Å². The Morgan fingerprint density at radius 3 is 3.00 bits per heavy atom. The zero-order chi connectivity index (χ0) is 10.1. The zero-order valence-corrected chi connectivity index (χ0v) is 9.32. The fraction of sp³-hybridized carbons (Fsp3) is 0.400. The van der Waals surface area contributed by atoms with Gasteiger partial charge in [-0.2, -0.15) is 0 Å². The van der Waals surface area contributed by atoms with E-state index in [2.05, 4.69) is 5.32 Å². The molecule has 1 N–H and O–H groups in total. The maximum absolute atomic E-state index is 6.01. The Balaban J connectivity index is 2.26. The van der Waals surface area contributed by atoms with E-state index in [1.807, 2.05) is 13.1 Å². The van der Waals surface area contributed by atoms with Crippen LogP contribution in [0.15, 0.2) is 12.1 Å². The summed E-state index contributed by atoms with van der Waals surface area (Å²) >= 11 is 11.9. The average molecular weight is 232 g/mol. The Labute approximate surface area is 93.2 Å². The number of hydrogen-bond donors (Lipinski definition) is 1. The first-order valence-corrected chi connectivity index (χ1v) is 5.25. The van der Waals surface area contributed by atoms with Crippen molar-refractivity contribution in [2.75, 3.05) is 13.6 Å². The summed E-state index contributed by atoms with van der Waals surface area (Å²) in [6.07, 6.45) is 1.04. The second kappa shape index (κ2) is 3.97. The van der Waals surface area contributed by atoms with Crippen molar-refractivity contribution in [3.05, 3.63) is 27.7 Å². The zero-order valence-electron chi connectivity index (χ0n) is 7.81. The Bertz CT molecular complexity index is 354. The number of hydrogen-bond acceptors (Lipinski definition) is 2. The third kappa shape index (κ3) is 1.83. The van der Waals surface area contributed by atoms with Crippen LogP contribution in [-0.2, 0) is 6.42 Å². The van der Waals surface area contributed by atoms with Gasteiger partial charge in [0.25, 0.3) is 0 Å². The number of likely N-dealkylation sites (N-methyl/N-ethyl adjacent to an activating group) is 1. The second-order valence-corrected chi connectivity index (χ2v) is 4.22. The number of nitrogens with one attached hydrogen (secondary N) is 1. The first-order valence-electron chi connectivity index (χ1n) is 4.50. The molecule has 0 amide bonds. The van der Waals surface area contributed by atoms with Crippen LogP contribution in [-0.4, -0.2) is 19.7 Å². The lowest BCUT2D eigenvalue weighted by molar-refractivity contribution is 0.231. The largest absolute Gasteiger partial charge is 0.487 e. The van der Waals surface area contributed by atoms with Crippen LogP contribution in [0.25, 0.3) is 0 Å². The predicted octanol–water partition coefficient (Wildman–Crippen LogP) is 2.52. The van der Waals surface area contributed by atoms with Gasteiger partial charge in [-0.15, -0.1) is 0 Å². The van der Waals surface area contributed by atoms with E-state index in [4.69, 9.17) is 27.9 Å². The third-order valence-electron chi connectivity index (χ3n) is 2.25. The summed E-state index contributed by atoms with van der Waals surface area (Å²) in [5.41, 5.74) is 1.10. The van der Waals surface area contributed by atoms with Crippen LogP contribution in [0.2, 0.25) is 10.0 Å². The van der Waals surface area contributed by atoms with Crippen LogP contribution in [0.5, 0.6) is 5.75 Å². The molecule has 1 aliphatic rings. The quantitative estimate of drug-likeness (QED) is 0.845. The molecule has 1 heterocycles. The summed E-state index contributed by atoms with van der Waals surface area (Å²) in [4.78, 5) is 0. The highest BCUT2D eigenvalue weighted by Gasteiger charge is 2.24. The Hall–Kier alpha value is -0.440. The lowest BCUT2D eigenvalue weighted by atomic mass is 10.1. The van der Waals surface area contributed by atoms with Gasteiger partial charge in [0.2, 0.25) is 0 Å². The van der Waals surface area contributed by atoms with Crippen molar-refractivity contribution in [2.45, 2.75) is 12.5 Å². The molecule has 0 saturated carbocycles. The van der Waals surface area contributed by atoms with Gasteiger partial charge in [0.05, 0.1) is 5.02 Å². The fourth-order valence-corrected chi connectivity index (χ4v) is 2.27. The van der Waals surface area contributed by atoms with Crippen LogP contribution in [0.1, 0.15) is 5.56 Å². The molecule has 0 spiro atoms. The number of rotatable bonds is 2. The summed E-state index contributed by atoms with van der Waals surface area (Å²) in [5, 5.41) is 4.35. The summed E-state index contributed by atoms with van der Waals surface area (Å²) in [6.45, 7) is 0.822. The van der Waals surface area contributed by atoms with E-state index in [1.54, 1.807) is 6.07 Å². The Morgan fingerprint density at radius 2 is 2.29 bits per heavy atom. The molecule has 76 valence electrons. The average Bonchev–Trinajstić information content (AvgIpc) is 2.48. The van der Waals surface area contributed by atoms with Gasteiger partial charge in [0, 0.05) is 23.6 Å². The van der Waals surface area contributed by atoms with Gasteiger partial charge in [-0.1, -0.05) is 23.2 Å². The molecule has 1 atom stereocenters. The van der Waals surface area contributed by atoms with Gasteiger partial charge >= 0.3 is 0 Å². The summed E-state index contributed by atoms with van der Waals surface area (Å²) in [6, 6.07) is 3.63. The highest BCUT2D eigenvalue weighted by molar-refractivity contribution is 6.35. The Morgan fingerprint density at radius 1 is 1.50 bits per heavy atom. The smallest absolute Gasteiger partial charge is 0.141 e. The first kappa shape index (κ1) is 10.1. The van der Waals surface area contributed by atoms with Crippen molar-refractivity contribution in [3.63, 3.8) is 0 Å². The fourth-order valence-electron chi connectivity index (χ4n) is 1.69. The minimum absolute atomic E-state index is 0.172. The molecule has 1 aromatic rings. The van der Waals surface area contributed by atoms with Crippen LogP contribution in [0.4, 0.5) is 0 Å². The maximum atomic E-state index is 6.01. The van der Waals surface area contributed by atoms with E-state index >= 15 is 0 Å². The third-order valence-corrected chi connectivity index (χ3v) is 2.75. The molecular weight excluding hydrogens is 221 g/mol. The molecule has 0 aliphatic carbocycles. The molecule has 0 fully saturated rings. The molecule has 0 saturated heterocycles. The molecule has 0 bridgehead atoms. The van der Waals surface area contributed by atoms with E-state index in [0.717, 1.165) is 24.3 Å². The Kier molecular flexibility index (Phi) is 2.86. The normalized spacial score (nSPS) is 19.2. The lowest BCUT2D eigenvalue weighted by Gasteiger charge is -2.09. The molecular formula is C10H11Cl2NO. The van der Waals surface area contributed by atoms with Gasteiger partial charge in [-0.3, -0.25) is 0 Å². The van der Waals surface area contributed by atoms with Gasteiger partial charge in [0.15, 0.2) is 0 Å². The van der Waals surface area contributed by atoms with Crippen molar-refractivity contribution >= 4 is 23.2 Å². The standard InChI is InChI=1S/C10H11Cl2NO/c1-13-5-8-3-6-2-7(11)4-9(12)10(6)14-8/h2,4,8,13H,3,5H2,1H3. The minimum atomic E-state index is 0.172. The van der Waals surface area contributed by atoms with Gasteiger partial charge in [-0.05, 0) is 19.2 Å². The molecule has 1 unspecified atom stereocenters. The van der Waals surface area contributed by atoms with Gasteiger partial charge in [-0.25, -0.2) is 0 Å². The molecule has 0 radical (unpaired) electrons. The topological polar surface area (TPSA) is 21.3 Å². The predicted molar refractivity (Wildman–Crippen MR) is 58.5 cm³/mol. The van der Waals surface area contributed by atoms with Crippen molar-refractivity contribution in [1.29, 1.82) is 0 Å². The maximum Gasteiger partial charge on any atom is 0.141 e. The van der Waals surface area contributed by atoms with Crippen LogP contribution in [0, 0.1) is 0 Å². The van der Waals surface area contributed by atoms with E-state index in [1.165, 1.54) is 0 Å². The summed E-state index contributed by atoms with van der Waals surface area (Å²) < 4.78 is 5.68. The highest BCUT2D eigenvalue weighted by Crippen LogP contribution is 2.38. The molecule has 4 heteroatoms. The van der Waals surface area contributed by atoms with E-state index in [9.17, 15) is 0 Å². The molecule has 0 aromatic heterocycles. The van der Waals surface area contributed by atoms with Crippen LogP contribution in [0.3, 0.4) is 0 Å². The van der Waals surface area contributed by atoms with Crippen LogP contribution < -0.4 is 10.1 Å². The van der Waals surface area contributed by atoms with E-state index < -0.39 is 0 Å². The minimum Gasteiger partial charge on any atom is -0.487 e. The second-order valence-electron chi connectivity index (χ2n) is 3.38. The van der Waals surface area contributed by atoms with Crippen molar-refractivity contribution in [2.24, 2.45) is 0 Å². The van der Waals surface area contributed by atoms with Gasteiger partial charge < -0.3 is 10.1 Å². The number of halogens is 2. The van der Waals surface area contributed by atoms with E-state index in [-0.39, 0.29) is 6.10 Å². The molecule has 1 aromatic carbocycles. The SMILES string of the molecule is CNCC1Cc2cc(Cl)cc(Cl)c2O1. The molecule has 2 nitrogen and oxygen atoms in total. The summed E-state index contributed by atoms with van der Waals surface area (Å²) in [7, 11) is 1.90. The highest BCUT2D eigenvalue weighted by atomic mass is 35.5.